The first kappa shape index (κ1) is 15.0. The lowest BCUT2D eigenvalue weighted by molar-refractivity contribution is 0.164. The van der Waals surface area contributed by atoms with Gasteiger partial charge in [-0.15, -0.1) is 11.3 Å². The first-order chi connectivity index (χ1) is 9.05. The van der Waals surface area contributed by atoms with Crippen molar-refractivity contribution in [3.63, 3.8) is 0 Å². The summed E-state index contributed by atoms with van der Waals surface area (Å²) in [6.45, 7) is 10.0. The average molecular weight is 280 g/mol. The molecule has 3 heteroatoms. The summed E-state index contributed by atoms with van der Waals surface area (Å²) in [6, 6.07) is 0. The SMILES string of the molecule is CCNC1(c2nc(C)cs2)CCCC(CC(C)C)C1. The molecule has 1 N–H and O–H groups in total. The molecule has 1 aliphatic rings. The van der Waals surface area contributed by atoms with Crippen molar-refractivity contribution in [2.24, 2.45) is 11.8 Å². The van der Waals surface area contributed by atoms with E-state index in [1.807, 2.05) is 11.3 Å². The second kappa shape index (κ2) is 6.36. The zero-order valence-corrected chi connectivity index (χ0v) is 13.6. The standard InChI is InChI=1S/C16H28N2S/c1-5-17-16(15-18-13(4)11-19-15)8-6-7-14(10-16)9-12(2)3/h11-12,14,17H,5-10H2,1-4H3. The Morgan fingerprint density at radius 1 is 1.53 bits per heavy atom. The van der Waals surface area contributed by atoms with Crippen LogP contribution in [0.25, 0.3) is 0 Å². The Morgan fingerprint density at radius 3 is 2.89 bits per heavy atom. The molecule has 0 radical (unpaired) electrons. The Hall–Kier alpha value is -0.410. The second-order valence-electron chi connectivity index (χ2n) is 6.50. The van der Waals surface area contributed by atoms with Gasteiger partial charge >= 0.3 is 0 Å². The summed E-state index contributed by atoms with van der Waals surface area (Å²) >= 11 is 1.84. The van der Waals surface area contributed by atoms with Gasteiger partial charge in [-0.25, -0.2) is 4.98 Å². The summed E-state index contributed by atoms with van der Waals surface area (Å²) in [5.41, 5.74) is 1.33. The van der Waals surface area contributed by atoms with Crippen molar-refractivity contribution < 1.29 is 0 Å². The van der Waals surface area contributed by atoms with Crippen molar-refractivity contribution in [1.82, 2.24) is 10.3 Å². The zero-order valence-electron chi connectivity index (χ0n) is 12.8. The van der Waals surface area contributed by atoms with E-state index in [2.05, 4.69) is 38.4 Å². The molecule has 1 heterocycles. The van der Waals surface area contributed by atoms with Crippen LogP contribution >= 0.6 is 11.3 Å². The molecule has 0 spiro atoms. The fourth-order valence-corrected chi connectivity index (χ4v) is 4.61. The molecule has 2 rings (SSSR count). The van der Waals surface area contributed by atoms with Crippen molar-refractivity contribution in [1.29, 1.82) is 0 Å². The fraction of sp³-hybridized carbons (Fsp3) is 0.812. The lowest BCUT2D eigenvalue weighted by Crippen LogP contribution is -2.46. The zero-order chi connectivity index (χ0) is 13.9. The first-order valence-corrected chi connectivity index (χ1v) is 8.61. The molecule has 1 aromatic heterocycles. The van der Waals surface area contributed by atoms with Crippen molar-refractivity contribution in [3.05, 3.63) is 16.1 Å². The Kier molecular flexibility index (Phi) is 5.02. The first-order valence-electron chi connectivity index (χ1n) is 7.73. The molecule has 0 aromatic carbocycles. The second-order valence-corrected chi connectivity index (χ2v) is 7.36. The molecule has 1 aliphatic carbocycles. The Bertz CT molecular complexity index is 395. The molecule has 0 bridgehead atoms. The van der Waals surface area contributed by atoms with E-state index < -0.39 is 0 Å². The highest BCUT2D eigenvalue weighted by Crippen LogP contribution is 2.43. The van der Waals surface area contributed by atoms with Gasteiger partial charge in [-0.2, -0.15) is 0 Å². The molecule has 1 fully saturated rings. The van der Waals surface area contributed by atoms with Gasteiger partial charge in [0.2, 0.25) is 0 Å². The maximum Gasteiger partial charge on any atom is 0.113 e. The average Bonchev–Trinajstić information content (AvgIpc) is 2.76. The van der Waals surface area contributed by atoms with Crippen molar-refractivity contribution >= 4 is 11.3 Å². The third kappa shape index (κ3) is 3.57. The summed E-state index contributed by atoms with van der Waals surface area (Å²) in [5.74, 6) is 1.66. The van der Waals surface area contributed by atoms with Crippen LogP contribution in [-0.4, -0.2) is 11.5 Å². The molecule has 0 saturated heterocycles. The highest BCUT2D eigenvalue weighted by Gasteiger charge is 2.39. The van der Waals surface area contributed by atoms with Crippen LogP contribution in [0.1, 0.15) is 63.6 Å². The Balaban J connectivity index is 2.18. The van der Waals surface area contributed by atoms with Gasteiger partial charge in [0.15, 0.2) is 0 Å². The smallest absolute Gasteiger partial charge is 0.113 e. The number of hydrogen-bond acceptors (Lipinski definition) is 3. The normalized spacial score (nSPS) is 27.9. The van der Waals surface area contributed by atoms with Gasteiger partial charge in [-0.05, 0) is 44.6 Å². The van der Waals surface area contributed by atoms with E-state index >= 15 is 0 Å². The Morgan fingerprint density at radius 2 is 2.32 bits per heavy atom. The van der Waals surface area contributed by atoms with Crippen LogP contribution in [0, 0.1) is 18.8 Å². The van der Waals surface area contributed by atoms with Gasteiger partial charge in [0.25, 0.3) is 0 Å². The van der Waals surface area contributed by atoms with Crippen LogP contribution in [0.4, 0.5) is 0 Å². The van der Waals surface area contributed by atoms with Crippen molar-refractivity contribution in [3.8, 4) is 0 Å². The fourth-order valence-electron chi connectivity index (χ4n) is 3.60. The van der Waals surface area contributed by atoms with Gasteiger partial charge in [0, 0.05) is 11.1 Å². The number of aryl methyl sites for hydroxylation is 1. The van der Waals surface area contributed by atoms with E-state index in [0.29, 0.717) is 0 Å². The number of hydrogen-bond donors (Lipinski definition) is 1. The number of nitrogens with one attached hydrogen (secondary N) is 1. The third-order valence-electron chi connectivity index (χ3n) is 4.20. The van der Waals surface area contributed by atoms with E-state index in [-0.39, 0.29) is 5.54 Å². The summed E-state index contributed by atoms with van der Waals surface area (Å²) in [7, 11) is 0. The molecule has 1 saturated carbocycles. The van der Waals surface area contributed by atoms with E-state index in [4.69, 9.17) is 4.98 Å². The van der Waals surface area contributed by atoms with E-state index in [1.165, 1.54) is 42.8 Å². The minimum Gasteiger partial charge on any atom is -0.306 e. The molecule has 108 valence electrons. The lowest BCUT2D eigenvalue weighted by atomic mass is 9.73. The highest BCUT2D eigenvalue weighted by molar-refractivity contribution is 7.09. The predicted octanol–water partition coefficient (Wildman–Crippen LogP) is 4.49. The third-order valence-corrected chi connectivity index (χ3v) is 5.37. The monoisotopic (exact) mass is 280 g/mol. The summed E-state index contributed by atoms with van der Waals surface area (Å²) < 4.78 is 0. The van der Waals surface area contributed by atoms with E-state index in [1.54, 1.807) is 0 Å². The van der Waals surface area contributed by atoms with Gasteiger partial charge < -0.3 is 5.32 Å². The van der Waals surface area contributed by atoms with Crippen molar-refractivity contribution in [2.75, 3.05) is 6.54 Å². The Labute approximate surface area is 122 Å². The van der Waals surface area contributed by atoms with Gasteiger partial charge in [-0.3, -0.25) is 0 Å². The van der Waals surface area contributed by atoms with Crippen LogP contribution in [0.2, 0.25) is 0 Å². The summed E-state index contributed by atoms with van der Waals surface area (Å²) in [4.78, 5) is 4.79. The maximum absolute atomic E-state index is 4.79. The maximum atomic E-state index is 4.79. The molecule has 1 aromatic rings. The lowest BCUT2D eigenvalue weighted by Gasteiger charge is -2.41. The molecule has 2 atom stereocenters. The molecular weight excluding hydrogens is 252 g/mol. The minimum atomic E-state index is 0.158. The van der Waals surface area contributed by atoms with Crippen molar-refractivity contribution in [2.45, 2.75) is 65.3 Å². The number of rotatable bonds is 5. The highest BCUT2D eigenvalue weighted by atomic mass is 32.1. The molecule has 2 unspecified atom stereocenters. The number of nitrogens with zero attached hydrogens (tertiary/aromatic N) is 1. The number of aromatic nitrogens is 1. The topological polar surface area (TPSA) is 24.9 Å². The molecule has 19 heavy (non-hydrogen) atoms. The largest absolute Gasteiger partial charge is 0.306 e. The summed E-state index contributed by atoms with van der Waals surface area (Å²) in [6.07, 6.45) is 6.62. The predicted molar refractivity (Wildman–Crippen MR) is 83.6 cm³/mol. The summed E-state index contributed by atoms with van der Waals surface area (Å²) in [5, 5.41) is 7.29. The van der Waals surface area contributed by atoms with Gasteiger partial charge in [-0.1, -0.05) is 33.6 Å². The quantitative estimate of drug-likeness (QED) is 0.859. The van der Waals surface area contributed by atoms with E-state index in [0.717, 1.165) is 18.4 Å². The van der Waals surface area contributed by atoms with Gasteiger partial charge in [0.05, 0.1) is 5.54 Å². The van der Waals surface area contributed by atoms with Crippen LogP contribution in [0.5, 0.6) is 0 Å². The van der Waals surface area contributed by atoms with Gasteiger partial charge in [0.1, 0.15) is 5.01 Å². The van der Waals surface area contributed by atoms with Crippen LogP contribution in [0.15, 0.2) is 5.38 Å². The van der Waals surface area contributed by atoms with Crippen LogP contribution in [-0.2, 0) is 5.54 Å². The minimum absolute atomic E-state index is 0.158. The van der Waals surface area contributed by atoms with Crippen LogP contribution in [0.3, 0.4) is 0 Å². The molecular formula is C16H28N2S. The molecule has 2 nitrogen and oxygen atoms in total. The van der Waals surface area contributed by atoms with E-state index in [9.17, 15) is 0 Å². The number of thiazole rings is 1. The van der Waals surface area contributed by atoms with Crippen LogP contribution < -0.4 is 5.32 Å². The molecule has 0 amide bonds. The molecule has 0 aliphatic heterocycles.